The molecule has 0 bridgehead atoms. The molecule has 4 N–H and O–H groups in total. The predicted octanol–water partition coefficient (Wildman–Crippen LogP) is 1.64. The molecule has 108 valence electrons. The Balaban J connectivity index is 2.92. The van der Waals surface area contributed by atoms with Gasteiger partial charge in [-0.2, -0.15) is 0 Å². The van der Waals surface area contributed by atoms with Crippen LogP contribution in [0.2, 0.25) is 0 Å². The fourth-order valence-electron chi connectivity index (χ4n) is 1.93. The van der Waals surface area contributed by atoms with E-state index in [4.69, 9.17) is 5.73 Å². The summed E-state index contributed by atoms with van der Waals surface area (Å²) in [5.74, 6) is 0. The summed E-state index contributed by atoms with van der Waals surface area (Å²) < 4.78 is 23.1. The summed E-state index contributed by atoms with van der Waals surface area (Å²) in [5.41, 5.74) is 5.72. The van der Waals surface area contributed by atoms with Gasteiger partial charge in [-0.15, -0.1) is 0 Å². The van der Waals surface area contributed by atoms with Crippen molar-refractivity contribution in [2.24, 2.45) is 0 Å². The Morgan fingerprint density at radius 1 is 1.42 bits per heavy atom. The van der Waals surface area contributed by atoms with E-state index < -0.39 is 15.4 Å². The van der Waals surface area contributed by atoms with E-state index in [1.54, 1.807) is 19.1 Å². The van der Waals surface area contributed by atoms with E-state index >= 15 is 0 Å². The molecule has 6 heteroatoms. The van der Waals surface area contributed by atoms with Crippen molar-refractivity contribution in [1.29, 1.82) is 0 Å². The number of rotatable bonds is 6. The fraction of sp³-hybridized carbons (Fsp3) is 0.538. The molecule has 1 aromatic rings. The van der Waals surface area contributed by atoms with Crippen LogP contribution in [0.4, 0.5) is 11.4 Å². The van der Waals surface area contributed by atoms with Crippen LogP contribution in [0, 0.1) is 0 Å². The van der Waals surface area contributed by atoms with E-state index in [0.29, 0.717) is 18.7 Å². The molecule has 0 heterocycles. The first-order valence-corrected chi connectivity index (χ1v) is 8.11. The van der Waals surface area contributed by atoms with Gasteiger partial charge in [0.25, 0.3) is 0 Å². The zero-order chi connectivity index (χ0) is 14.7. The third kappa shape index (κ3) is 4.40. The van der Waals surface area contributed by atoms with E-state index in [9.17, 15) is 13.5 Å². The molecule has 0 saturated carbocycles. The van der Waals surface area contributed by atoms with Crippen molar-refractivity contribution < 1.29 is 13.5 Å². The van der Waals surface area contributed by atoms with Gasteiger partial charge in [-0.05, 0) is 25.5 Å². The van der Waals surface area contributed by atoms with Crippen molar-refractivity contribution >= 4 is 21.2 Å². The summed E-state index contributed by atoms with van der Waals surface area (Å²) >= 11 is 0. The van der Waals surface area contributed by atoms with Crippen LogP contribution >= 0.6 is 0 Å². The second-order valence-electron chi connectivity index (χ2n) is 5.09. The van der Waals surface area contributed by atoms with Gasteiger partial charge in [0, 0.05) is 12.8 Å². The molecule has 0 radical (unpaired) electrons. The average molecular weight is 286 g/mol. The highest BCUT2D eigenvalue weighted by molar-refractivity contribution is 7.90. The zero-order valence-electron chi connectivity index (χ0n) is 11.6. The van der Waals surface area contributed by atoms with Crippen molar-refractivity contribution in [3.63, 3.8) is 0 Å². The lowest BCUT2D eigenvalue weighted by atomic mass is 10.0. The van der Waals surface area contributed by atoms with E-state index in [1.807, 2.05) is 6.92 Å². The predicted molar refractivity (Wildman–Crippen MR) is 78.0 cm³/mol. The normalized spacial score (nSPS) is 14.9. The number of para-hydroxylation sites is 1. The number of sulfone groups is 1. The smallest absolute Gasteiger partial charge is 0.177 e. The Hall–Kier alpha value is -1.27. The third-order valence-corrected chi connectivity index (χ3v) is 4.07. The number of nitrogens with one attached hydrogen (secondary N) is 1. The van der Waals surface area contributed by atoms with Gasteiger partial charge in [0.05, 0.1) is 21.9 Å². The van der Waals surface area contributed by atoms with Crippen LogP contribution in [0.5, 0.6) is 0 Å². The molecule has 0 amide bonds. The van der Waals surface area contributed by atoms with Crippen molar-refractivity contribution in [1.82, 2.24) is 0 Å². The maximum Gasteiger partial charge on any atom is 0.177 e. The van der Waals surface area contributed by atoms with Crippen molar-refractivity contribution in [3.05, 3.63) is 18.2 Å². The van der Waals surface area contributed by atoms with Crippen molar-refractivity contribution in [2.75, 3.05) is 23.9 Å². The van der Waals surface area contributed by atoms with Gasteiger partial charge in [0.15, 0.2) is 9.84 Å². The first-order valence-electron chi connectivity index (χ1n) is 6.22. The number of benzene rings is 1. The number of aliphatic hydroxyl groups is 1. The van der Waals surface area contributed by atoms with Crippen LogP contribution in [0.25, 0.3) is 0 Å². The highest BCUT2D eigenvalue weighted by atomic mass is 32.2. The number of nitrogens with two attached hydrogens (primary N) is 1. The van der Waals surface area contributed by atoms with Crippen LogP contribution < -0.4 is 11.1 Å². The third-order valence-electron chi connectivity index (χ3n) is 2.91. The largest absolute Gasteiger partial charge is 0.396 e. The SMILES string of the molecule is CCCC(C)(O)CNc1cccc(S(C)(=O)=O)c1N. The molecule has 0 saturated heterocycles. The molecular weight excluding hydrogens is 264 g/mol. The molecule has 0 aliphatic rings. The van der Waals surface area contributed by atoms with Gasteiger partial charge in [-0.1, -0.05) is 19.4 Å². The minimum absolute atomic E-state index is 0.104. The highest BCUT2D eigenvalue weighted by Gasteiger charge is 2.20. The minimum atomic E-state index is -3.35. The van der Waals surface area contributed by atoms with E-state index in [2.05, 4.69) is 5.32 Å². The summed E-state index contributed by atoms with van der Waals surface area (Å²) in [6.07, 6.45) is 2.65. The maximum atomic E-state index is 11.6. The molecule has 1 rings (SSSR count). The molecule has 0 aliphatic heterocycles. The monoisotopic (exact) mass is 286 g/mol. The maximum absolute atomic E-state index is 11.6. The second-order valence-corrected chi connectivity index (χ2v) is 7.07. The van der Waals surface area contributed by atoms with Crippen LogP contribution in [0.3, 0.4) is 0 Å². The zero-order valence-corrected chi connectivity index (χ0v) is 12.4. The molecule has 1 atom stereocenters. The molecule has 0 aliphatic carbocycles. The first kappa shape index (κ1) is 15.8. The molecule has 19 heavy (non-hydrogen) atoms. The van der Waals surface area contributed by atoms with Crippen LogP contribution in [0.1, 0.15) is 26.7 Å². The summed E-state index contributed by atoms with van der Waals surface area (Å²) in [6.45, 7) is 4.05. The summed E-state index contributed by atoms with van der Waals surface area (Å²) in [4.78, 5) is 0.104. The van der Waals surface area contributed by atoms with Gasteiger partial charge in [0.2, 0.25) is 0 Å². The van der Waals surface area contributed by atoms with Crippen LogP contribution in [0.15, 0.2) is 23.1 Å². The fourth-order valence-corrected chi connectivity index (χ4v) is 2.77. The lowest BCUT2D eigenvalue weighted by molar-refractivity contribution is 0.0637. The number of nitrogen functional groups attached to an aromatic ring is 1. The Bertz CT molecular complexity index is 539. The second kappa shape index (κ2) is 5.79. The molecule has 1 unspecified atom stereocenters. The molecule has 1 aromatic carbocycles. The topological polar surface area (TPSA) is 92.4 Å². The molecule has 0 aromatic heterocycles. The summed E-state index contributed by atoms with van der Waals surface area (Å²) in [7, 11) is -3.35. The molecular formula is C13H22N2O3S. The van der Waals surface area contributed by atoms with Gasteiger partial charge >= 0.3 is 0 Å². The minimum Gasteiger partial charge on any atom is -0.396 e. The first-order chi connectivity index (χ1) is 8.67. The number of hydrogen-bond donors (Lipinski definition) is 3. The van der Waals surface area contributed by atoms with Gasteiger partial charge in [-0.25, -0.2) is 8.42 Å². The van der Waals surface area contributed by atoms with E-state index in [1.165, 1.54) is 6.07 Å². The van der Waals surface area contributed by atoms with E-state index in [-0.39, 0.29) is 10.6 Å². The Morgan fingerprint density at radius 3 is 2.58 bits per heavy atom. The van der Waals surface area contributed by atoms with E-state index in [0.717, 1.165) is 12.7 Å². The lowest BCUT2D eigenvalue weighted by Crippen LogP contribution is -2.33. The highest BCUT2D eigenvalue weighted by Crippen LogP contribution is 2.27. The average Bonchev–Trinajstić information content (AvgIpc) is 2.26. The van der Waals surface area contributed by atoms with Crippen LogP contribution in [-0.4, -0.2) is 31.9 Å². The van der Waals surface area contributed by atoms with Crippen LogP contribution in [-0.2, 0) is 9.84 Å². The Labute approximate surface area is 114 Å². The standard InChI is InChI=1S/C13H22N2O3S/c1-4-8-13(2,16)9-15-10-6-5-7-11(12(10)14)19(3,17)18/h5-7,15-16H,4,8-9,14H2,1-3H3. The molecule has 0 fully saturated rings. The number of anilines is 2. The quantitative estimate of drug-likeness (QED) is 0.691. The molecule has 0 spiro atoms. The summed E-state index contributed by atoms with van der Waals surface area (Å²) in [5, 5.41) is 13.1. The van der Waals surface area contributed by atoms with Crippen molar-refractivity contribution in [3.8, 4) is 0 Å². The summed E-state index contributed by atoms with van der Waals surface area (Å²) in [6, 6.07) is 4.80. The number of hydrogen-bond acceptors (Lipinski definition) is 5. The van der Waals surface area contributed by atoms with Gasteiger partial charge < -0.3 is 16.2 Å². The van der Waals surface area contributed by atoms with Gasteiger partial charge in [0.1, 0.15) is 0 Å². The Kier molecular flexibility index (Phi) is 4.81. The van der Waals surface area contributed by atoms with Gasteiger partial charge in [-0.3, -0.25) is 0 Å². The molecule has 5 nitrogen and oxygen atoms in total. The lowest BCUT2D eigenvalue weighted by Gasteiger charge is -2.24. The Morgan fingerprint density at radius 2 is 2.05 bits per heavy atom. The van der Waals surface area contributed by atoms with Crippen molar-refractivity contribution in [2.45, 2.75) is 37.2 Å².